The summed E-state index contributed by atoms with van der Waals surface area (Å²) in [6.07, 6.45) is 1.47. The Hall–Kier alpha value is -3.67. The van der Waals surface area contributed by atoms with E-state index in [-0.39, 0.29) is 18.6 Å². The summed E-state index contributed by atoms with van der Waals surface area (Å²) in [4.78, 5) is 28.6. The van der Waals surface area contributed by atoms with Crippen molar-refractivity contribution >= 4 is 28.9 Å². The highest BCUT2D eigenvalue weighted by Gasteiger charge is 2.10. The van der Waals surface area contributed by atoms with Crippen LogP contribution in [0, 0.1) is 0 Å². The zero-order valence-corrected chi connectivity index (χ0v) is 16.3. The summed E-state index contributed by atoms with van der Waals surface area (Å²) < 4.78 is 4.64. The molecule has 1 N–H and O–H groups in total. The smallest absolute Gasteiger partial charge is 0.337 e. The van der Waals surface area contributed by atoms with Crippen molar-refractivity contribution in [3.05, 3.63) is 83.4 Å². The SMILES string of the molecule is COC(=O)c1ccc(/C=N/OCC(=O)NC(C)c2ccc3ccccc3c2)cc1. The number of esters is 1. The molecule has 0 aliphatic heterocycles. The van der Waals surface area contributed by atoms with Crippen LogP contribution in [-0.4, -0.2) is 31.8 Å². The lowest BCUT2D eigenvalue weighted by atomic mass is 10.0. The lowest BCUT2D eigenvalue weighted by Gasteiger charge is -2.14. The highest BCUT2D eigenvalue weighted by Crippen LogP contribution is 2.20. The minimum Gasteiger partial charge on any atom is -0.465 e. The number of hydrogen-bond donors (Lipinski definition) is 1. The number of nitrogens with zero attached hydrogens (tertiary/aromatic N) is 1. The fourth-order valence-corrected chi connectivity index (χ4v) is 2.86. The molecule has 0 saturated carbocycles. The second-order valence-corrected chi connectivity index (χ2v) is 6.52. The quantitative estimate of drug-likeness (QED) is 0.378. The van der Waals surface area contributed by atoms with Crippen LogP contribution in [0.4, 0.5) is 0 Å². The average Bonchev–Trinajstić information content (AvgIpc) is 2.76. The number of oxime groups is 1. The summed E-state index contributed by atoms with van der Waals surface area (Å²) in [5, 5.41) is 8.98. The molecule has 148 valence electrons. The highest BCUT2D eigenvalue weighted by atomic mass is 16.6. The number of hydrogen-bond acceptors (Lipinski definition) is 5. The van der Waals surface area contributed by atoms with Crippen molar-refractivity contribution < 1.29 is 19.2 Å². The van der Waals surface area contributed by atoms with Crippen LogP contribution in [0.25, 0.3) is 10.8 Å². The Labute approximate surface area is 169 Å². The van der Waals surface area contributed by atoms with Crippen LogP contribution >= 0.6 is 0 Å². The summed E-state index contributed by atoms with van der Waals surface area (Å²) in [7, 11) is 1.33. The van der Waals surface area contributed by atoms with E-state index in [4.69, 9.17) is 4.84 Å². The molecule has 0 spiro atoms. The van der Waals surface area contributed by atoms with Crippen molar-refractivity contribution in [3.63, 3.8) is 0 Å². The normalized spacial score (nSPS) is 11.9. The van der Waals surface area contributed by atoms with Crippen LogP contribution < -0.4 is 5.32 Å². The van der Waals surface area contributed by atoms with Gasteiger partial charge in [0.1, 0.15) is 0 Å². The summed E-state index contributed by atoms with van der Waals surface area (Å²) in [6.45, 7) is 1.74. The molecule has 0 aliphatic rings. The van der Waals surface area contributed by atoms with Gasteiger partial charge < -0.3 is 14.9 Å². The second kappa shape index (κ2) is 9.50. The molecule has 0 fully saturated rings. The molecular weight excluding hydrogens is 368 g/mol. The summed E-state index contributed by atoms with van der Waals surface area (Å²) in [5.74, 6) is -0.661. The van der Waals surface area contributed by atoms with E-state index in [0.29, 0.717) is 5.56 Å². The summed E-state index contributed by atoms with van der Waals surface area (Å²) in [5.41, 5.74) is 2.21. The average molecular weight is 390 g/mol. The van der Waals surface area contributed by atoms with Crippen molar-refractivity contribution in [2.45, 2.75) is 13.0 Å². The largest absolute Gasteiger partial charge is 0.465 e. The molecule has 3 aromatic rings. The Morgan fingerprint density at radius 2 is 1.76 bits per heavy atom. The van der Waals surface area contributed by atoms with E-state index in [9.17, 15) is 9.59 Å². The van der Waals surface area contributed by atoms with Gasteiger partial charge in [0.2, 0.25) is 0 Å². The molecular formula is C23H22N2O4. The molecule has 29 heavy (non-hydrogen) atoms. The third-order valence-corrected chi connectivity index (χ3v) is 4.45. The minimum atomic E-state index is -0.401. The van der Waals surface area contributed by atoms with Crippen LogP contribution in [-0.2, 0) is 14.4 Å². The number of rotatable bonds is 7. The third kappa shape index (κ3) is 5.42. The van der Waals surface area contributed by atoms with Crippen LogP contribution in [0.3, 0.4) is 0 Å². The van der Waals surface area contributed by atoms with E-state index < -0.39 is 5.97 Å². The molecule has 0 heterocycles. The Bertz CT molecular complexity index is 1030. The van der Waals surface area contributed by atoms with Gasteiger partial charge in [-0.1, -0.05) is 53.7 Å². The number of carbonyl (C=O) groups is 2. The van der Waals surface area contributed by atoms with Gasteiger partial charge in [-0.05, 0) is 47.0 Å². The molecule has 6 heteroatoms. The first-order chi connectivity index (χ1) is 14.1. The predicted molar refractivity (Wildman–Crippen MR) is 112 cm³/mol. The standard InChI is InChI=1S/C23H22N2O4/c1-16(20-12-11-18-5-3-4-6-21(18)13-20)25-22(26)15-29-24-14-17-7-9-19(10-8-17)23(27)28-2/h3-14,16H,15H2,1-2H3,(H,25,26)/b24-14+. The van der Waals surface area contributed by atoms with Gasteiger partial charge in [0.05, 0.1) is 24.9 Å². The number of methoxy groups -OCH3 is 1. The molecule has 1 atom stereocenters. The van der Waals surface area contributed by atoms with Crippen molar-refractivity contribution in [1.29, 1.82) is 0 Å². The van der Waals surface area contributed by atoms with Gasteiger partial charge >= 0.3 is 5.97 Å². The fraction of sp³-hybridized carbons (Fsp3) is 0.174. The summed E-state index contributed by atoms with van der Waals surface area (Å²) >= 11 is 0. The number of amides is 1. The lowest BCUT2D eigenvalue weighted by molar-refractivity contribution is -0.126. The maximum absolute atomic E-state index is 12.1. The lowest BCUT2D eigenvalue weighted by Crippen LogP contribution is -2.29. The van der Waals surface area contributed by atoms with Crippen LogP contribution in [0.15, 0.2) is 71.9 Å². The Balaban J connectivity index is 1.48. The molecule has 0 bridgehead atoms. The number of fused-ring (bicyclic) bond motifs is 1. The van der Waals surface area contributed by atoms with E-state index in [1.807, 2.05) is 37.3 Å². The zero-order chi connectivity index (χ0) is 20.6. The second-order valence-electron chi connectivity index (χ2n) is 6.52. The van der Waals surface area contributed by atoms with Crippen molar-refractivity contribution in [1.82, 2.24) is 5.32 Å². The zero-order valence-electron chi connectivity index (χ0n) is 16.3. The van der Waals surface area contributed by atoms with Crippen molar-refractivity contribution in [2.75, 3.05) is 13.7 Å². The van der Waals surface area contributed by atoms with Gasteiger partial charge in [0.25, 0.3) is 5.91 Å². The Morgan fingerprint density at radius 1 is 1.03 bits per heavy atom. The third-order valence-electron chi connectivity index (χ3n) is 4.45. The number of benzene rings is 3. The van der Waals surface area contributed by atoms with Gasteiger partial charge in [0, 0.05) is 0 Å². The first-order valence-corrected chi connectivity index (χ1v) is 9.18. The fourth-order valence-electron chi connectivity index (χ4n) is 2.86. The van der Waals surface area contributed by atoms with E-state index in [1.54, 1.807) is 24.3 Å². The van der Waals surface area contributed by atoms with Crippen molar-refractivity contribution in [3.8, 4) is 0 Å². The molecule has 0 aromatic heterocycles. The van der Waals surface area contributed by atoms with Crippen LogP contribution in [0.1, 0.15) is 34.5 Å². The van der Waals surface area contributed by atoms with E-state index >= 15 is 0 Å². The van der Waals surface area contributed by atoms with Gasteiger partial charge in [-0.15, -0.1) is 0 Å². The first kappa shape index (κ1) is 20.1. The molecule has 0 saturated heterocycles. The maximum atomic E-state index is 12.1. The van der Waals surface area contributed by atoms with Crippen LogP contribution in [0.5, 0.6) is 0 Å². The first-order valence-electron chi connectivity index (χ1n) is 9.18. The molecule has 0 radical (unpaired) electrons. The van der Waals surface area contributed by atoms with E-state index in [2.05, 4.69) is 27.3 Å². The number of nitrogens with one attached hydrogen (secondary N) is 1. The Kier molecular flexibility index (Phi) is 6.58. The van der Waals surface area contributed by atoms with E-state index in [1.165, 1.54) is 13.3 Å². The number of ether oxygens (including phenoxy) is 1. The topological polar surface area (TPSA) is 77.0 Å². The molecule has 6 nitrogen and oxygen atoms in total. The Morgan fingerprint density at radius 3 is 2.48 bits per heavy atom. The molecule has 3 aromatic carbocycles. The summed E-state index contributed by atoms with van der Waals surface area (Å²) in [6, 6.07) is 20.7. The van der Waals surface area contributed by atoms with Gasteiger partial charge in [0.15, 0.2) is 6.61 Å². The predicted octanol–water partition coefficient (Wildman–Crippen LogP) is 3.85. The van der Waals surface area contributed by atoms with Gasteiger partial charge in [-0.3, -0.25) is 4.79 Å². The minimum absolute atomic E-state index is 0.148. The highest BCUT2D eigenvalue weighted by molar-refractivity contribution is 5.90. The van der Waals surface area contributed by atoms with Crippen molar-refractivity contribution in [2.24, 2.45) is 5.16 Å². The van der Waals surface area contributed by atoms with Crippen LogP contribution in [0.2, 0.25) is 0 Å². The van der Waals surface area contributed by atoms with Gasteiger partial charge in [-0.25, -0.2) is 4.79 Å². The molecule has 1 amide bonds. The van der Waals surface area contributed by atoms with E-state index in [0.717, 1.165) is 21.9 Å². The number of carbonyl (C=O) groups excluding carboxylic acids is 2. The molecule has 1 unspecified atom stereocenters. The molecule has 3 rings (SSSR count). The van der Waals surface area contributed by atoms with Gasteiger partial charge in [-0.2, -0.15) is 0 Å². The maximum Gasteiger partial charge on any atom is 0.337 e. The molecule has 0 aliphatic carbocycles. The monoisotopic (exact) mass is 390 g/mol.